The van der Waals surface area contributed by atoms with Gasteiger partial charge in [-0.2, -0.15) is 0 Å². The Balaban J connectivity index is 4.03. The molecule has 0 fully saturated rings. The highest BCUT2D eigenvalue weighted by atomic mass is 16.5. The molecule has 0 aliphatic rings. The Morgan fingerprint density at radius 1 is 0.875 bits per heavy atom. The van der Waals surface area contributed by atoms with Crippen molar-refractivity contribution in [1.82, 2.24) is 0 Å². The van der Waals surface area contributed by atoms with Crippen molar-refractivity contribution in [1.29, 1.82) is 0 Å². The van der Waals surface area contributed by atoms with E-state index in [9.17, 15) is 0 Å². The Labute approximate surface area is 102 Å². The van der Waals surface area contributed by atoms with E-state index in [4.69, 9.17) is 9.47 Å². The van der Waals surface area contributed by atoms with E-state index in [1.165, 1.54) is 0 Å². The fourth-order valence-electron chi connectivity index (χ4n) is 1.83. The van der Waals surface area contributed by atoms with Crippen LogP contribution < -0.4 is 0 Å². The first-order valence-electron chi connectivity index (χ1n) is 6.64. The zero-order valence-corrected chi connectivity index (χ0v) is 12.1. The summed E-state index contributed by atoms with van der Waals surface area (Å²) in [7, 11) is 1.80. The number of hydrogen-bond donors (Lipinski definition) is 0. The van der Waals surface area contributed by atoms with Crippen LogP contribution in [0.15, 0.2) is 0 Å². The Bertz CT molecular complexity index is 176. The van der Waals surface area contributed by atoms with Crippen molar-refractivity contribution in [3.05, 3.63) is 0 Å². The first-order chi connectivity index (χ1) is 7.45. The molecule has 2 heteroatoms. The second kappa shape index (κ2) is 7.29. The van der Waals surface area contributed by atoms with E-state index in [2.05, 4.69) is 34.6 Å². The number of methoxy groups -OCH3 is 1. The van der Waals surface area contributed by atoms with E-state index in [0.29, 0.717) is 0 Å². The van der Waals surface area contributed by atoms with Gasteiger partial charge >= 0.3 is 0 Å². The lowest BCUT2D eigenvalue weighted by Gasteiger charge is -2.32. The maximum atomic E-state index is 5.99. The molecule has 1 unspecified atom stereocenters. The van der Waals surface area contributed by atoms with Gasteiger partial charge in [-0.15, -0.1) is 0 Å². The van der Waals surface area contributed by atoms with Crippen LogP contribution in [-0.4, -0.2) is 24.9 Å². The van der Waals surface area contributed by atoms with Gasteiger partial charge in [-0.25, -0.2) is 0 Å². The summed E-state index contributed by atoms with van der Waals surface area (Å²) in [4.78, 5) is 0. The lowest BCUT2D eigenvalue weighted by atomic mass is 9.96. The highest BCUT2D eigenvalue weighted by Gasteiger charge is 2.25. The minimum Gasteiger partial charge on any atom is -0.378 e. The highest BCUT2D eigenvalue weighted by molar-refractivity contribution is 4.76. The van der Waals surface area contributed by atoms with Crippen molar-refractivity contribution in [2.75, 3.05) is 13.7 Å². The third-order valence-corrected chi connectivity index (χ3v) is 3.85. The van der Waals surface area contributed by atoms with Crippen molar-refractivity contribution < 1.29 is 9.47 Å². The molecule has 0 N–H and O–H groups in total. The summed E-state index contributed by atoms with van der Waals surface area (Å²) in [5.41, 5.74) is 0.0258. The average molecular weight is 230 g/mol. The summed E-state index contributed by atoms with van der Waals surface area (Å²) in [6.07, 6.45) is 5.37. The molecule has 0 aliphatic heterocycles. The van der Waals surface area contributed by atoms with Crippen molar-refractivity contribution >= 4 is 0 Å². The maximum absolute atomic E-state index is 5.99. The Morgan fingerprint density at radius 3 is 1.81 bits per heavy atom. The highest BCUT2D eigenvalue weighted by Crippen LogP contribution is 2.24. The van der Waals surface area contributed by atoms with Gasteiger partial charge in [-0.05, 0) is 39.5 Å². The largest absolute Gasteiger partial charge is 0.378 e. The van der Waals surface area contributed by atoms with Gasteiger partial charge < -0.3 is 9.47 Å². The molecular weight excluding hydrogens is 200 g/mol. The van der Waals surface area contributed by atoms with Crippen LogP contribution in [0.1, 0.15) is 66.7 Å². The zero-order valence-electron chi connectivity index (χ0n) is 12.1. The predicted octanol–water partition coefficient (Wildman–Crippen LogP) is 4.18. The number of rotatable bonds is 9. The molecule has 0 saturated heterocycles. The van der Waals surface area contributed by atoms with E-state index in [-0.39, 0.29) is 11.2 Å². The summed E-state index contributed by atoms with van der Waals surface area (Å²) in [6.45, 7) is 11.7. The molecule has 1 atom stereocenters. The zero-order chi connectivity index (χ0) is 12.7. The number of ether oxygens (including phenoxy) is 2. The molecule has 0 aromatic carbocycles. The summed E-state index contributed by atoms with van der Waals surface area (Å²) < 4.78 is 11.6. The van der Waals surface area contributed by atoms with Gasteiger partial charge in [-0.1, -0.05) is 27.2 Å². The van der Waals surface area contributed by atoms with Crippen molar-refractivity contribution in [3.63, 3.8) is 0 Å². The topological polar surface area (TPSA) is 18.5 Å². The third-order valence-electron chi connectivity index (χ3n) is 3.85. The number of hydrogen-bond acceptors (Lipinski definition) is 2. The molecule has 16 heavy (non-hydrogen) atoms. The molecule has 0 heterocycles. The standard InChI is InChI=1S/C14H30O2/c1-7-10-14(5,15-6)11-12-16-13(4,8-2)9-3/h7-12H2,1-6H3. The fraction of sp³-hybridized carbons (Fsp3) is 1.00. The van der Waals surface area contributed by atoms with Crippen LogP contribution in [0.4, 0.5) is 0 Å². The second-order valence-corrected chi connectivity index (χ2v) is 5.16. The summed E-state index contributed by atoms with van der Waals surface area (Å²) in [5.74, 6) is 0. The van der Waals surface area contributed by atoms with Crippen molar-refractivity contribution in [2.45, 2.75) is 77.9 Å². The molecule has 0 amide bonds. The summed E-state index contributed by atoms with van der Waals surface area (Å²) in [5, 5.41) is 0. The summed E-state index contributed by atoms with van der Waals surface area (Å²) in [6, 6.07) is 0. The van der Waals surface area contributed by atoms with Gasteiger partial charge in [0.2, 0.25) is 0 Å². The Kier molecular flexibility index (Phi) is 7.25. The monoisotopic (exact) mass is 230 g/mol. The smallest absolute Gasteiger partial charge is 0.0672 e. The van der Waals surface area contributed by atoms with E-state index < -0.39 is 0 Å². The third kappa shape index (κ3) is 5.31. The quantitative estimate of drug-likeness (QED) is 0.591. The molecule has 0 aromatic rings. The second-order valence-electron chi connectivity index (χ2n) is 5.16. The van der Waals surface area contributed by atoms with Crippen LogP contribution in [0, 0.1) is 0 Å². The maximum Gasteiger partial charge on any atom is 0.0672 e. The molecule has 0 saturated carbocycles. The van der Waals surface area contributed by atoms with Crippen LogP contribution in [-0.2, 0) is 9.47 Å². The molecule has 0 aliphatic carbocycles. The van der Waals surface area contributed by atoms with Crippen molar-refractivity contribution in [2.24, 2.45) is 0 Å². The van der Waals surface area contributed by atoms with Crippen LogP contribution >= 0.6 is 0 Å². The van der Waals surface area contributed by atoms with E-state index >= 15 is 0 Å². The van der Waals surface area contributed by atoms with Gasteiger partial charge in [0.15, 0.2) is 0 Å². The van der Waals surface area contributed by atoms with Crippen LogP contribution in [0.25, 0.3) is 0 Å². The Hall–Kier alpha value is -0.0800. The van der Waals surface area contributed by atoms with Gasteiger partial charge in [0.25, 0.3) is 0 Å². The lowest BCUT2D eigenvalue weighted by molar-refractivity contribution is -0.0774. The Morgan fingerprint density at radius 2 is 1.44 bits per heavy atom. The first kappa shape index (κ1) is 15.9. The first-order valence-corrected chi connectivity index (χ1v) is 6.64. The SMILES string of the molecule is CCCC(C)(CCOC(C)(CC)CC)OC. The minimum absolute atomic E-state index is 0.0167. The van der Waals surface area contributed by atoms with Gasteiger partial charge in [-0.3, -0.25) is 0 Å². The summed E-state index contributed by atoms with van der Waals surface area (Å²) >= 11 is 0. The molecule has 0 spiro atoms. The van der Waals surface area contributed by atoms with Gasteiger partial charge in [0.05, 0.1) is 17.8 Å². The molecule has 0 radical (unpaired) electrons. The lowest BCUT2D eigenvalue weighted by Crippen LogP contribution is -2.33. The minimum atomic E-state index is -0.0167. The molecule has 2 nitrogen and oxygen atoms in total. The van der Waals surface area contributed by atoms with E-state index in [0.717, 1.165) is 38.7 Å². The van der Waals surface area contributed by atoms with Crippen LogP contribution in [0.3, 0.4) is 0 Å². The molecular formula is C14H30O2. The average Bonchev–Trinajstić information content (AvgIpc) is 2.29. The fourth-order valence-corrected chi connectivity index (χ4v) is 1.83. The molecule has 0 bridgehead atoms. The normalized spacial score (nSPS) is 16.1. The van der Waals surface area contributed by atoms with Crippen LogP contribution in [0.2, 0.25) is 0 Å². The van der Waals surface area contributed by atoms with E-state index in [1.807, 2.05) is 0 Å². The van der Waals surface area contributed by atoms with Gasteiger partial charge in [0.1, 0.15) is 0 Å². The molecule has 98 valence electrons. The molecule has 0 rings (SSSR count). The van der Waals surface area contributed by atoms with Gasteiger partial charge in [0, 0.05) is 7.11 Å². The van der Waals surface area contributed by atoms with Crippen molar-refractivity contribution in [3.8, 4) is 0 Å². The molecule has 0 aromatic heterocycles. The predicted molar refractivity (Wildman–Crippen MR) is 69.9 cm³/mol. The van der Waals surface area contributed by atoms with Crippen LogP contribution in [0.5, 0.6) is 0 Å². The van der Waals surface area contributed by atoms with E-state index in [1.54, 1.807) is 7.11 Å².